The van der Waals surface area contributed by atoms with Crippen LogP contribution in [0.1, 0.15) is 32.1 Å². The van der Waals surface area contributed by atoms with E-state index in [-0.39, 0.29) is 5.56 Å². The molecule has 1 atom stereocenters. The molecule has 0 aromatic rings. The lowest BCUT2D eigenvalue weighted by Crippen LogP contribution is -2.19. The van der Waals surface area contributed by atoms with Crippen molar-refractivity contribution in [2.75, 3.05) is 7.11 Å². The maximum absolute atomic E-state index is 5.92. The van der Waals surface area contributed by atoms with Crippen molar-refractivity contribution in [3.63, 3.8) is 0 Å². The Bertz CT molecular complexity index is 89.3. The van der Waals surface area contributed by atoms with Crippen molar-refractivity contribution in [2.45, 2.75) is 37.7 Å². The van der Waals surface area contributed by atoms with Gasteiger partial charge in [0.2, 0.25) is 0 Å². The second-order valence-corrected chi connectivity index (χ2v) is 3.42. The molecule has 1 fully saturated rings. The molecule has 1 aliphatic rings. The van der Waals surface area contributed by atoms with Gasteiger partial charge in [-0.2, -0.15) is 0 Å². The van der Waals surface area contributed by atoms with E-state index in [0.717, 1.165) is 0 Å². The van der Waals surface area contributed by atoms with E-state index in [9.17, 15) is 0 Å². The van der Waals surface area contributed by atoms with Crippen LogP contribution in [-0.4, -0.2) is 12.7 Å². The lowest BCUT2D eigenvalue weighted by Gasteiger charge is -2.24. The van der Waals surface area contributed by atoms with Crippen LogP contribution in [0.3, 0.4) is 0 Å². The van der Waals surface area contributed by atoms with Crippen LogP contribution in [-0.2, 0) is 4.74 Å². The normalized spacial score (nSPS) is 24.6. The molecule has 1 saturated carbocycles. The number of methoxy groups -OCH3 is 1. The lowest BCUT2D eigenvalue weighted by molar-refractivity contribution is 0.0971. The van der Waals surface area contributed by atoms with Crippen molar-refractivity contribution in [1.82, 2.24) is 0 Å². The molecule has 1 unspecified atom stereocenters. The Morgan fingerprint density at radius 1 is 1.30 bits per heavy atom. The molecule has 0 aliphatic heterocycles. The van der Waals surface area contributed by atoms with E-state index in [4.69, 9.17) is 16.3 Å². The number of ether oxygens (including phenoxy) is 1. The van der Waals surface area contributed by atoms with Gasteiger partial charge in [0.1, 0.15) is 5.56 Å². The molecule has 0 bridgehead atoms. The molecule has 0 saturated heterocycles. The average Bonchev–Trinajstić information content (AvgIpc) is 2.05. The van der Waals surface area contributed by atoms with E-state index < -0.39 is 0 Å². The molecule has 0 N–H and O–H groups in total. The molecule has 0 aromatic heterocycles. The fourth-order valence-electron chi connectivity index (χ4n) is 1.59. The van der Waals surface area contributed by atoms with Gasteiger partial charge >= 0.3 is 0 Å². The Kier molecular flexibility index (Phi) is 3.50. The van der Waals surface area contributed by atoms with Gasteiger partial charge in [0.15, 0.2) is 0 Å². The molecule has 0 spiro atoms. The van der Waals surface area contributed by atoms with Crippen molar-refractivity contribution >= 4 is 11.6 Å². The van der Waals surface area contributed by atoms with Crippen LogP contribution in [0, 0.1) is 5.92 Å². The monoisotopic (exact) mass is 162 g/mol. The highest BCUT2D eigenvalue weighted by Crippen LogP contribution is 2.29. The molecular formula is C8H15ClO. The Hall–Kier alpha value is 0.250. The van der Waals surface area contributed by atoms with Gasteiger partial charge < -0.3 is 4.74 Å². The quantitative estimate of drug-likeness (QED) is 0.568. The summed E-state index contributed by atoms with van der Waals surface area (Å²) in [6, 6.07) is 0. The summed E-state index contributed by atoms with van der Waals surface area (Å²) in [7, 11) is 1.69. The second-order valence-electron chi connectivity index (χ2n) is 2.98. The largest absolute Gasteiger partial charge is 0.365 e. The molecule has 10 heavy (non-hydrogen) atoms. The summed E-state index contributed by atoms with van der Waals surface area (Å²) in [6.07, 6.45) is 6.54. The molecule has 0 heterocycles. The standard InChI is InChI=1S/C8H15ClO/c1-10-8(9)7-5-3-2-4-6-7/h7-8H,2-6H2,1H3. The van der Waals surface area contributed by atoms with Crippen LogP contribution in [0.4, 0.5) is 0 Å². The number of alkyl halides is 1. The number of hydrogen-bond acceptors (Lipinski definition) is 1. The van der Waals surface area contributed by atoms with Gasteiger partial charge in [-0.1, -0.05) is 30.9 Å². The molecule has 0 amide bonds. The number of rotatable bonds is 2. The fourth-order valence-corrected chi connectivity index (χ4v) is 1.84. The van der Waals surface area contributed by atoms with E-state index in [0.29, 0.717) is 5.92 Å². The third-order valence-electron chi connectivity index (χ3n) is 2.25. The molecule has 60 valence electrons. The molecule has 0 aromatic carbocycles. The summed E-state index contributed by atoms with van der Waals surface area (Å²) < 4.78 is 5.06. The molecule has 1 rings (SSSR count). The Balaban J connectivity index is 2.24. The zero-order valence-corrected chi connectivity index (χ0v) is 7.23. The smallest absolute Gasteiger partial charge is 0.133 e. The van der Waals surface area contributed by atoms with Crippen LogP contribution in [0.25, 0.3) is 0 Å². The Morgan fingerprint density at radius 3 is 2.40 bits per heavy atom. The summed E-state index contributed by atoms with van der Waals surface area (Å²) in [5.41, 5.74) is -0.0414. The molecule has 0 radical (unpaired) electrons. The molecule has 1 aliphatic carbocycles. The van der Waals surface area contributed by atoms with Crippen molar-refractivity contribution in [2.24, 2.45) is 5.92 Å². The van der Waals surface area contributed by atoms with Gasteiger partial charge in [-0.3, -0.25) is 0 Å². The zero-order chi connectivity index (χ0) is 7.40. The van der Waals surface area contributed by atoms with Gasteiger partial charge in [-0.25, -0.2) is 0 Å². The third kappa shape index (κ3) is 2.14. The maximum atomic E-state index is 5.92. The van der Waals surface area contributed by atoms with Gasteiger partial charge in [0, 0.05) is 7.11 Å². The first-order valence-electron chi connectivity index (χ1n) is 4.01. The van der Waals surface area contributed by atoms with Crippen LogP contribution in [0.15, 0.2) is 0 Å². The highest BCUT2D eigenvalue weighted by Gasteiger charge is 2.20. The minimum absolute atomic E-state index is 0.0414. The van der Waals surface area contributed by atoms with Crippen molar-refractivity contribution in [1.29, 1.82) is 0 Å². The highest BCUT2D eigenvalue weighted by atomic mass is 35.5. The van der Waals surface area contributed by atoms with Gasteiger partial charge in [0.25, 0.3) is 0 Å². The summed E-state index contributed by atoms with van der Waals surface area (Å²) in [5, 5.41) is 0. The SMILES string of the molecule is COC(Cl)C1CCCCC1. The minimum Gasteiger partial charge on any atom is -0.365 e. The van der Waals surface area contributed by atoms with E-state index in [1.165, 1.54) is 32.1 Å². The van der Waals surface area contributed by atoms with Crippen molar-refractivity contribution in [3.8, 4) is 0 Å². The topological polar surface area (TPSA) is 9.23 Å². The molecule has 2 heteroatoms. The van der Waals surface area contributed by atoms with E-state index in [1.807, 2.05) is 0 Å². The minimum atomic E-state index is -0.0414. The van der Waals surface area contributed by atoms with Gasteiger partial charge in [-0.05, 0) is 18.8 Å². The first kappa shape index (κ1) is 8.35. The van der Waals surface area contributed by atoms with Gasteiger partial charge in [-0.15, -0.1) is 0 Å². The predicted octanol–water partition coefficient (Wildman–Crippen LogP) is 2.78. The summed E-state index contributed by atoms with van der Waals surface area (Å²) in [6.45, 7) is 0. The molecule has 1 nitrogen and oxygen atoms in total. The first-order chi connectivity index (χ1) is 4.84. The van der Waals surface area contributed by atoms with E-state index >= 15 is 0 Å². The number of halogens is 1. The maximum Gasteiger partial charge on any atom is 0.133 e. The highest BCUT2D eigenvalue weighted by molar-refractivity contribution is 6.19. The predicted molar refractivity (Wildman–Crippen MR) is 43.2 cm³/mol. The van der Waals surface area contributed by atoms with Crippen LogP contribution >= 0.6 is 11.6 Å². The molecular weight excluding hydrogens is 148 g/mol. The lowest BCUT2D eigenvalue weighted by atomic mass is 9.90. The van der Waals surface area contributed by atoms with Gasteiger partial charge in [0.05, 0.1) is 0 Å². The van der Waals surface area contributed by atoms with Crippen LogP contribution in [0.2, 0.25) is 0 Å². The second kappa shape index (κ2) is 4.20. The third-order valence-corrected chi connectivity index (χ3v) is 2.78. The van der Waals surface area contributed by atoms with Crippen LogP contribution in [0.5, 0.6) is 0 Å². The van der Waals surface area contributed by atoms with Crippen LogP contribution < -0.4 is 0 Å². The van der Waals surface area contributed by atoms with Crippen molar-refractivity contribution < 1.29 is 4.74 Å². The first-order valence-corrected chi connectivity index (χ1v) is 4.45. The Morgan fingerprint density at radius 2 is 1.90 bits per heavy atom. The summed E-state index contributed by atoms with van der Waals surface area (Å²) >= 11 is 5.92. The van der Waals surface area contributed by atoms with Crippen molar-refractivity contribution in [3.05, 3.63) is 0 Å². The summed E-state index contributed by atoms with van der Waals surface area (Å²) in [5.74, 6) is 0.611. The zero-order valence-electron chi connectivity index (χ0n) is 6.48. The Labute approximate surface area is 67.7 Å². The van der Waals surface area contributed by atoms with E-state index in [1.54, 1.807) is 7.11 Å². The average molecular weight is 163 g/mol. The fraction of sp³-hybridized carbons (Fsp3) is 1.00. The number of hydrogen-bond donors (Lipinski definition) is 0. The van der Waals surface area contributed by atoms with E-state index in [2.05, 4.69) is 0 Å². The summed E-state index contributed by atoms with van der Waals surface area (Å²) in [4.78, 5) is 0.